The molecule has 0 aromatic heterocycles. The first-order valence-corrected chi connectivity index (χ1v) is 7.54. The van der Waals surface area contributed by atoms with Crippen molar-refractivity contribution in [2.24, 2.45) is 11.8 Å². The number of carbonyl (C=O) groups excluding carboxylic acids is 1. The highest BCUT2D eigenvalue weighted by Gasteiger charge is 2.40. The van der Waals surface area contributed by atoms with Crippen LogP contribution in [0.4, 0.5) is 0 Å². The van der Waals surface area contributed by atoms with Crippen molar-refractivity contribution in [1.82, 2.24) is 4.90 Å². The molecule has 1 fully saturated rings. The Morgan fingerprint density at radius 2 is 1.62 bits per heavy atom. The van der Waals surface area contributed by atoms with Gasteiger partial charge in [-0.1, -0.05) is 61.5 Å². The highest BCUT2D eigenvalue weighted by Crippen LogP contribution is 2.39. The third-order valence-electron chi connectivity index (χ3n) is 4.28. The molecule has 0 spiro atoms. The fourth-order valence-electron chi connectivity index (χ4n) is 2.73. The molecule has 2 heteroatoms. The van der Waals surface area contributed by atoms with Crippen LogP contribution in [0.25, 0.3) is 11.1 Å². The number of benzene rings is 2. The molecule has 1 aliphatic carbocycles. The van der Waals surface area contributed by atoms with Gasteiger partial charge in [0.1, 0.15) is 0 Å². The summed E-state index contributed by atoms with van der Waals surface area (Å²) in [7, 11) is 1.90. The first-order chi connectivity index (χ1) is 10.1. The van der Waals surface area contributed by atoms with Crippen molar-refractivity contribution >= 4 is 5.91 Å². The molecular weight excluding hydrogens is 258 g/mol. The zero-order chi connectivity index (χ0) is 14.8. The van der Waals surface area contributed by atoms with Crippen LogP contribution in [-0.2, 0) is 11.3 Å². The van der Waals surface area contributed by atoms with Crippen molar-refractivity contribution in [1.29, 1.82) is 0 Å². The van der Waals surface area contributed by atoms with E-state index < -0.39 is 0 Å². The molecule has 0 N–H and O–H groups in total. The van der Waals surface area contributed by atoms with Crippen LogP contribution < -0.4 is 0 Å². The van der Waals surface area contributed by atoms with E-state index >= 15 is 0 Å². The monoisotopic (exact) mass is 279 g/mol. The Bertz CT molecular complexity index is 618. The van der Waals surface area contributed by atoms with Crippen molar-refractivity contribution < 1.29 is 4.79 Å². The minimum atomic E-state index is 0.263. The molecule has 21 heavy (non-hydrogen) atoms. The molecule has 2 aromatic carbocycles. The molecular formula is C19H21NO. The van der Waals surface area contributed by atoms with Gasteiger partial charge < -0.3 is 4.90 Å². The molecule has 1 aliphatic rings. The second-order valence-corrected chi connectivity index (χ2v) is 6.08. The normalized spacial score (nSPS) is 20.1. The molecule has 0 aliphatic heterocycles. The SMILES string of the molecule is CC1CC1C(=O)N(C)Cc1ccc(-c2ccccc2)cc1. The summed E-state index contributed by atoms with van der Waals surface area (Å²) in [6.07, 6.45) is 1.05. The van der Waals surface area contributed by atoms with Crippen LogP contribution in [0, 0.1) is 11.8 Å². The molecule has 1 amide bonds. The molecule has 0 heterocycles. The van der Waals surface area contributed by atoms with Crippen LogP contribution in [-0.4, -0.2) is 17.9 Å². The van der Waals surface area contributed by atoms with Crippen LogP contribution in [0.5, 0.6) is 0 Å². The lowest BCUT2D eigenvalue weighted by atomic mass is 10.0. The fourth-order valence-corrected chi connectivity index (χ4v) is 2.73. The van der Waals surface area contributed by atoms with Gasteiger partial charge in [-0.2, -0.15) is 0 Å². The van der Waals surface area contributed by atoms with E-state index in [9.17, 15) is 4.79 Å². The van der Waals surface area contributed by atoms with E-state index in [2.05, 4.69) is 43.3 Å². The third kappa shape index (κ3) is 3.15. The van der Waals surface area contributed by atoms with Crippen LogP contribution in [0.2, 0.25) is 0 Å². The van der Waals surface area contributed by atoms with Gasteiger partial charge in [0.15, 0.2) is 0 Å². The van der Waals surface area contributed by atoms with Crippen molar-refractivity contribution in [3.8, 4) is 11.1 Å². The van der Waals surface area contributed by atoms with E-state index in [1.54, 1.807) is 0 Å². The van der Waals surface area contributed by atoms with Gasteiger partial charge in [0.2, 0.25) is 5.91 Å². The summed E-state index contributed by atoms with van der Waals surface area (Å²) in [5, 5.41) is 0. The summed E-state index contributed by atoms with van der Waals surface area (Å²) in [5.74, 6) is 1.12. The Hall–Kier alpha value is -2.09. The minimum Gasteiger partial charge on any atom is -0.341 e. The first-order valence-electron chi connectivity index (χ1n) is 7.54. The summed E-state index contributed by atoms with van der Waals surface area (Å²) in [5.41, 5.74) is 3.61. The number of hydrogen-bond acceptors (Lipinski definition) is 1. The van der Waals surface area contributed by atoms with Crippen molar-refractivity contribution in [2.45, 2.75) is 19.9 Å². The molecule has 0 bridgehead atoms. The van der Waals surface area contributed by atoms with Crippen molar-refractivity contribution in [3.05, 3.63) is 60.2 Å². The zero-order valence-electron chi connectivity index (χ0n) is 12.6. The smallest absolute Gasteiger partial charge is 0.226 e. The predicted molar refractivity (Wildman–Crippen MR) is 85.6 cm³/mol. The molecule has 2 atom stereocenters. The van der Waals surface area contributed by atoms with E-state index in [1.807, 2.05) is 30.1 Å². The van der Waals surface area contributed by atoms with E-state index in [-0.39, 0.29) is 11.8 Å². The fraction of sp³-hybridized carbons (Fsp3) is 0.316. The van der Waals surface area contributed by atoms with E-state index in [0.29, 0.717) is 12.5 Å². The van der Waals surface area contributed by atoms with E-state index in [0.717, 1.165) is 6.42 Å². The maximum absolute atomic E-state index is 12.1. The zero-order valence-corrected chi connectivity index (χ0v) is 12.6. The van der Waals surface area contributed by atoms with Crippen LogP contribution in [0.15, 0.2) is 54.6 Å². The molecule has 108 valence electrons. The topological polar surface area (TPSA) is 20.3 Å². The van der Waals surface area contributed by atoms with Gasteiger partial charge >= 0.3 is 0 Å². The summed E-state index contributed by atoms with van der Waals surface area (Å²) in [6, 6.07) is 18.8. The lowest BCUT2D eigenvalue weighted by Crippen LogP contribution is -2.27. The van der Waals surface area contributed by atoms with Crippen LogP contribution >= 0.6 is 0 Å². The van der Waals surface area contributed by atoms with Gasteiger partial charge in [-0.15, -0.1) is 0 Å². The van der Waals surface area contributed by atoms with Crippen LogP contribution in [0.3, 0.4) is 0 Å². The van der Waals surface area contributed by atoms with Crippen molar-refractivity contribution in [3.63, 3.8) is 0 Å². The average molecular weight is 279 g/mol. The molecule has 1 saturated carbocycles. The second kappa shape index (κ2) is 5.72. The largest absolute Gasteiger partial charge is 0.341 e. The molecule has 3 rings (SSSR count). The number of hydrogen-bond donors (Lipinski definition) is 0. The highest BCUT2D eigenvalue weighted by molar-refractivity contribution is 5.81. The third-order valence-corrected chi connectivity index (χ3v) is 4.28. The number of carbonyl (C=O) groups is 1. The summed E-state index contributed by atoms with van der Waals surface area (Å²) >= 11 is 0. The Balaban J connectivity index is 1.66. The summed E-state index contributed by atoms with van der Waals surface area (Å²) < 4.78 is 0. The second-order valence-electron chi connectivity index (χ2n) is 6.08. The molecule has 0 radical (unpaired) electrons. The van der Waals surface area contributed by atoms with Gasteiger partial charge in [-0.25, -0.2) is 0 Å². The molecule has 2 unspecified atom stereocenters. The standard InChI is InChI=1S/C19H21NO/c1-14-12-18(14)19(21)20(2)13-15-8-10-17(11-9-15)16-6-4-3-5-7-16/h3-11,14,18H,12-13H2,1-2H3. The minimum absolute atomic E-state index is 0.263. The first kappa shape index (κ1) is 13.9. The Labute approximate surface area is 126 Å². The molecule has 2 nitrogen and oxygen atoms in total. The Morgan fingerprint density at radius 1 is 1.05 bits per heavy atom. The van der Waals surface area contributed by atoms with Gasteiger partial charge in [-0.05, 0) is 29.0 Å². The quantitative estimate of drug-likeness (QED) is 0.829. The number of rotatable bonds is 4. The van der Waals surface area contributed by atoms with E-state index in [1.165, 1.54) is 16.7 Å². The Morgan fingerprint density at radius 3 is 2.19 bits per heavy atom. The van der Waals surface area contributed by atoms with Gasteiger partial charge in [-0.3, -0.25) is 4.79 Å². The average Bonchev–Trinajstić information content (AvgIpc) is 3.25. The number of nitrogens with zero attached hydrogens (tertiary/aromatic N) is 1. The van der Waals surface area contributed by atoms with Gasteiger partial charge in [0.25, 0.3) is 0 Å². The summed E-state index contributed by atoms with van der Waals surface area (Å²) in [6.45, 7) is 2.84. The van der Waals surface area contributed by atoms with Crippen LogP contribution in [0.1, 0.15) is 18.9 Å². The molecule has 0 saturated heterocycles. The van der Waals surface area contributed by atoms with E-state index in [4.69, 9.17) is 0 Å². The lowest BCUT2D eigenvalue weighted by molar-refractivity contribution is -0.132. The highest BCUT2D eigenvalue weighted by atomic mass is 16.2. The maximum atomic E-state index is 12.1. The summed E-state index contributed by atoms with van der Waals surface area (Å²) in [4.78, 5) is 14.0. The maximum Gasteiger partial charge on any atom is 0.226 e. The van der Waals surface area contributed by atoms with Crippen molar-refractivity contribution in [2.75, 3.05) is 7.05 Å². The van der Waals surface area contributed by atoms with Gasteiger partial charge in [0, 0.05) is 19.5 Å². The van der Waals surface area contributed by atoms with Gasteiger partial charge in [0.05, 0.1) is 0 Å². The molecule has 2 aromatic rings. The lowest BCUT2D eigenvalue weighted by Gasteiger charge is -2.17. The Kier molecular flexibility index (Phi) is 3.78. The number of amides is 1. The predicted octanol–water partition coefficient (Wildman–Crippen LogP) is 3.97.